The van der Waals surface area contributed by atoms with E-state index in [0.717, 1.165) is 22.5 Å². The molecule has 4 rings (SSSR count). The average Bonchev–Trinajstić information content (AvgIpc) is 3.34. The summed E-state index contributed by atoms with van der Waals surface area (Å²) in [5.41, 5.74) is 5.04. The van der Waals surface area contributed by atoms with Crippen LogP contribution in [-0.2, 0) is 4.74 Å². The highest BCUT2D eigenvalue weighted by atomic mass is 16.6. The van der Waals surface area contributed by atoms with Crippen LogP contribution in [0.4, 0.5) is 16.2 Å². The van der Waals surface area contributed by atoms with Gasteiger partial charge in [0.25, 0.3) is 5.91 Å². The van der Waals surface area contributed by atoms with E-state index < -0.39 is 0 Å². The Morgan fingerprint density at radius 2 is 1.75 bits per heavy atom. The Hall–Kier alpha value is -3.61. The number of nitrogens with zero attached hydrogens (tertiary/aromatic N) is 4. The number of anilines is 2. The maximum Gasteiger partial charge on any atom is 0.414 e. The van der Waals surface area contributed by atoms with Crippen LogP contribution >= 0.6 is 0 Å². The van der Waals surface area contributed by atoms with Gasteiger partial charge in [-0.15, -0.1) is 0 Å². The lowest BCUT2D eigenvalue weighted by Crippen LogP contribution is -2.53. The second kappa shape index (κ2) is 8.86. The summed E-state index contributed by atoms with van der Waals surface area (Å²) < 4.78 is 7.10. The first-order valence-corrected chi connectivity index (χ1v) is 10.9. The lowest BCUT2D eigenvalue weighted by Gasteiger charge is -2.42. The van der Waals surface area contributed by atoms with E-state index in [1.807, 2.05) is 69.4 Å². The summed E-state index contributed by atoms with van der Waals surface area (Å²) in [6.45, 7) is 8.55. The Balaban J connectivity index is 1.73. The molecule has 166 valence electrons. The standard InChI is InChI=1S/C25H28N4O3/c1-5-20-16-27(24(30)19-8-10-21(11-9-19)28-13-7-12-26-28)22-14-17(3)18(4)15-23(22)29(20)25(31)32-6-2/h7-15,20H,5-6,16H2,1-4H3. The highest BCUT2D eigenvalue weighted by molar-refractivity contribution is 6.10. The fraction of sp³-hybridized carbons (Fsp3) is 0.320. The van der Waals surface area contributed by atoms with Crippen LogP contribution in [0.25, 0.3) is 5.69 Å². The Morgan fingerprint density at radius 3 is 2.34 bits per heavy atom. The molecule has 2 aromatic carbocycles. The Kier molecular flexibility index (Phi) is 5.99. The largest absolute Gasteiger partial charge is 0.449 e. The maximum absolute atomic E-state index is 13.6. The Bertz CT molecular complexity index is 1120. The zero-order valence-corrected chi connectivity index (χ0v) is 18.9. The first-order chi connectivity index (χ1) is 15.4. The SMILES string of the molecule is CCOC(=O)N1c2cc(C)c(C)cc2N(C(=O)c2ccc(-n3cccn3)cc2)CC1CC. The maximum atomic E-state index is 13.6. The van der Waals surface area contributed by atoms with Crippen LogP contribution in [0, 0.1) is 13.8 Å². The van der Waals surface area contributed by atoms with Gasteiger partial charge in [0, 0.05) is 24.5 Å². The fourth-order valence-electron chi connectivity index (χ4n) is 4.06. The Morgan fingerprint density at radius 1 is 1.06 bits per heavy atom. The van der Waals surface area contributed by atoms with Crippen LogP contribution in [0.1, 0.15) is 41.8 Å². The summed E-state index contributed by atoms with van der Waals surface area (Å²) in [6.07, 6.45) is 3.90. The highest BCUT2D eigenvalue weighted by Gasteiger charge is 2.37. The number of aryl methyl sites for hydroxylation is 2. The zero-order valence-electron chi connectivity index (χ0n) is 18.9. The van der Waals surface area contributed by atoms with Gasteiger partial charge in [-0.2, -0.15) is 5.10 Å². The van der Waals surface area contributed by atoms with Gasteiger partial charge in [0.15, 0.2) is 0 Å². The first-order valence-electron chi connectivity index (χ1n) is 10.9. The minimum atomic E-state index is -0.375. The van der Waals surface area contributed by atoms with E-state index in [4.69, 9.17) is 4.74 Å². The van der Waals surface area contributed by atoms with Gasteiger partial charge in [-0.05, 0) is 80.8 Å². The van der Waals surface area contributed by atoms with Gasteiger partial charge in [-0.1, -0.05) is 6.92 Å². The Labute approximate surface area is 188 Å². The van der Waals surface area contributed by atoms with E-state index in [9.17, 15) is 9.59 Å². The third-order valence-corrected chi connectivity index (χ3v) is 5.96. The van der Waals surface area contributed by atoms with Gasteiger partial charge in [0.05, 0.1) is 29.7 Å². The van der Waals surface area contributed by atoms with Crippen molar-refractivity contribution in [3.05, 3.63) is 71.5 Å². The number of fused-ring (bicyclic) bond motifs is 1. The summed E-state index contributed by atoms with van der Waals surface area (Å²) in [7, 11) is 0. The van der Waals surface area contributed by atoms with Crippen LogP contribution in [0.5, 0.6) is 0 Å². The van der Waals surface area contributed by atoms with Gasteiger partial charge in [0.1, 0.15) is 0 Å². The summed E-state index contributed by atoms with van der Waals surface area (Å²) in [5.74, 6) is -0.0940. The van der Waals surface area contributed by atoms with Crippen molar-refractivity contribution < 1.29 is 14.3 Å². The third kappa shape index (κ3) is 3.86. The summed E-state index contributed by atoms with van der Waals surface area (Å²) >= 11 is 0. The number of carbonyl (C=O) groups is 2. The number of rotatable bonds is 4. The van der Waals surface area contributed by atoms with E-state index in [0.29, 0.717) is 30.8 Å². The van der Waals surface area contributed by atoms with E-state index in [-0.39, 0.29) is 18.0 Å². The van der Waals surface area contributed by atoms with E-state index in [2.05, 4.69) is 5.10 Å². The lowest BCUT2D eigenvalue weighted by atomic mass is 9.99. The van der Waals surface area contributed by atoms with Crippen LogP contribution in [0.15, 0.2) is 54.9 Å². The van der Waals surface area contributed by atoms with Crippen molar-refractivity contribution >= 4 is 23.4 Å². The van der Waals surface area contributed by atoms with Gasteiger partial charge < -0.3 is 9.64 Å². The quantitative estimate of drug-likeness (QED) is 0.589. The molecule has 2 amide bonds. The minimum Gasteiger partial charge on any atom is -0.449 e. The number of hydrogen-bond donors (Lipinski definition) is 0. The number of benzene rings is 2. The number of hydrogen-bond acceptors (Lipinski definition) is 4. The molecule has 1 aliphatic heterocycles. The van der Waals surface area contributed by atoms with Crippen molar-refractivity contribution in [2.24, 2.45) is 0 Å². The van der Waals surface area contributed by atoms with Crippen LogP contribution in [0.2, 0.25) is 0 Å². The van der Waals surface area contributed by atoms with Gasteiger partial charge in [0.2, 0.25) is 0 Å². The molecule has 1 aromatic heterocycles. The van der Waals surface area contributed by atoms with Crippen molar-refractivity contribution in [2.75, 3.05) is 23.0 Å². The second-order valence-corrected chi connectivity index (χ2v) is 7.97. The molecule has 0 saturated carbocycles. The number of amides is 2. The van der Waals surface area contributed by atoms with Crippen LogP contribution in [0.3, 0.4) is 0 Å². The van der Waals surface area contributed by atoms with Crippen LogP contribution in [-0.4, -0.2) is 41.0 Å². The molecule has 0 aliphatic carbocycles. The predicted octanol–water partition coefficient (Wildman–Crippen LogP) is 4.89. The van der Waals surface area contributed by atoms with Crippen molar-refractivity contribution in [1.82, 2.24) is 9.78 Å². The van der Waals surface area contributed by atoms with Crippen molar-refractivity contribution in [2.45, 2.75) is 40.2 Å². The van der Waals surface area contributed by atoms with Gasteiger partial charge in [-0.25, -0.2) is 9.48 Å². The van der Waals surface area contributed by atoms with E-state index in [1.54, 1.807) is 27.6 Å². The molecule has 0 bridgehead atoms. The van der Waals surface area contributed by atoms with Crippen LogP contribution < -0.4 is 9.80 Å². The molecule has 1 unspecified atom stereocenters. The molecule has 0 fully saturated rings. The van der Waals surface area contributed by atoms with E-state index >= 15 is 0 Å². The topological polar surface area (TPSA) is 67.7 Å². The molecule has 0 radical (unpaired) electrons. The molecule has 1 atom stereocenters. The van der Waals surface area contributed by atoms with Crippen molar-refractivity contribution in [1.29, 1.82) is 0 Å². The highest BCUT2D eigenvalue weighted by Crippen LogP contribution is 2.39. The van der Waals surface area contributed by atoms with Crippen molar-refractivity contribution in [3.63, 3.8) is 0 Å². The normalized spacial score (nSPS) is 15.4. The molecule has 1 aliphatic rings. The third-order valence-electron chi connectivity index (χ3n) is 5.96. The minimum absolute atomic E-state index is 0.0940. The number of aromatic nitrogens is 2. The summed E-state index contributed by atoms with van der Waals surface area (Å²) in [5, 5.41) is 4.23. The number of carbonyl (C=O) groups excluding carboxylic acids is 2. The lowest BCUT2D eigenvalue weighted by molar-refractivity contribution is 0.0981. The molecular formula is C25H28N4O3. The fourth-order valence-corrected chi connectivity index (χ4v) is 4.06. The van der Waals surface area contributed by atoms with Gasteiger partial charge in [-0.3, -0.25) is 9.69 Å². The molecule has 0 saturated heterocycles. The molecule has 3 aromatic rings. The molecule has 7 nitrogen and oxygen atoms in total. The monoisotopic (exact) mass is 432 g/mol. The molecule has 0 spiro atoms. The average molecular weight is 433 g/mol. The van der Waals surface area contributed by atoms with E-state index in [1.165, 1.54) is 0 Å². The molecular weight excluding hydrogens is 404 g/mol. The molecule has 0 N–H and O–H groups in total. The summed E-state index contributed by atoms with van der Waals surface area (Å²) in [4.78, 5) is 29.9. The smallest absolute Gasteiger partial charge is 0.414 e. The number of ether oxygens (including phenoxy) is 1. The van der Waals surface area contributed by atoms with Gasteiger partial charge >= 0.3 is 6.09 Å². The first kappa shape index (κ1) is 21.6. The summed E-state index contributed by atoms with van der Waals surface area (Å²) in [6, 6.07) is 13.0. The predicted molar refractivity (Wildman–Crippen MR) is 125 cm³/mol. The molecule has 2 heterocycles. The zero-order chi connectivity index (χ0) is 22.8. The second-order valence-electron chi connectivity index (χ2n) is 7.97. The molecule has 32 heavy (non-hydrogen) atoms. The molecule has 7 heteroatoms. The van der Waals surface area contributed by atoms with Crippen molar-refractivity contribution in [3.8, 4) is 5.69 Å².